The highest BCUT2D eigenvalue weighted by Gasteiger charge is 2.28. The number of rotatable bonds is 1. The summed E-state index contributed by atoms with van der Waals surface area (Å²) >= 11 is 0. The van der Waals surface area contributed by atoms with Crippen molar-refractivity contribution in [3.05, 3.63) is 57.6 Å². The molecule has 0 bridgehead atoms. The molecule has 2 aliphatic rings. The molecule has 0 heteroatoms. The Morgan fingerprint density at radius 2 is 1.09 bits per heavy atom. The van der Waals surface area contributed by atoms with Gasteiger partial charge < -0.3 is 0 Å². The second-order valence-corrected chi connectivity index (χ2v) is 8.79. The van der Waals surface area contributed by atoms with Crippen molar-refractivity contribution < 1.29 is 0 Å². The van der Waals surface area contributed by atoms with Crippen molar-refractivity contribution in [3.8, 4) is 11.1 Å². The first-order valence-electron chi connectivity index (χ1n) is 9.17. The predicted molar refractivity (Wildman–Crippen MR) is 99.5 cm³/mol. The highest BCUT2D eigenvalue weighted by molar-refractivity contribution is 5.81. The van der Waals surface area contributed by atoms with E-state index in [0.29, 0.717) is 5.92 Å². The van der Waals surface area contributed by atoms with Crippen LogP contribution in [0.3, 0.4) is 0 Å². The summed E-state index contributed by atoms with van der Waals surface area (Å²) in [7, 11) is 0. The third kappa shape index (κ3) is 2.35. The van der Waals surface area contributed by atoms with Crippen LogP contribution >= 0.6 is 0 Å². The Morgan fingerprint density at radius 1 is 0.696 bits per heavy atom. The average Bonchev–Trinajstić information content (AvgIpc) is 2.50. The smallest absolute Gasteiger partial charge is 0.0114 e. The zero-order valence-electron chi connectivity index (χ0n) is 15.2. The molecule has 0 amide bonds. The molecular weight excluding hydrogens is 276 g/mol. The van der Waals surface area contributed by atoms with E-state index in [1.165, 1.54) is 36.8 Å². The van der Waals surface area contributed by atoms with Crippen LogP contribution in [-0.4, -0.2) is 0 Å². The molecule has 2 aliphatic carbocycles. The highest BCUT2D eigenvalue weighted by atomic mass is 14.3. The van der Waals surface area contributed by atoms with Crippen molar-refractivity contribution in [2.75, 3.05) is 0 Å². The van der Waals surface area contributed by atoms with Crippen LogP contribution < -0.4 is 0 Å². The van der Waals surface area contributed by atoms with Gasteiger partial charge in [-0.25, -0.2) is 0 Å². The first-order valence-corrected chi connectivity index (χ1v) is 9.17. The molecule has 120 valence electrons. The Morgan fingerprint density at radius 3 is 1.43 bits per heavy atom. The molecule has 0 heterocycles. The SMILES string of the molecule is CC(C)c1cc2c3c(c1)CCc1cc(C(C)(C)C)cc(c1-3)CC2. The standard InChI is InChI=1S/C23H28/c1-14(2)19-10-15-6-8-17-12-20(23(3,4)5)13-18-9-7-16(11-19)21(15)22(17)18/h10-14H,6-9H2,1-5H3. The molecule has 2 aromatic rings. The molecule has 0 nitrogen and oxygen atoms in total. The van der Waals surface area contributed by atoms with Gasteiger partial charge in [-0.2, -0.15) is 0 Å². The Bertz CT molecular complexity index is 734. The van der Waals surface area contributed by atoms with Gasteiger partial charge in [0.1, 0.15) is 0 Å². The minimum Gasteiger partial charge on any atom is -0.0587 e. The lowest BCUT2D eigenvalue weighted by Crippen LogP contribution is -2.18. The quantitative estimate of drug-likeness (QED) is 0.608. The summed E-state index contributed by atoms with van der Waals surface area (Å²) < 4.78 is 0. The van der Waals surface area contributed by atoms with Gasteiger partial charge in [-0.15, -0.1) is 0 Å². The average molecular weight is 304 g/mol. The van der Waals surface area contributed by atoms with Crippen LogP contribution in [0.5, 0.6) is 0 Å². The van der Waals surface area contributed by atoms with Crippen molar-refractivity contribution in [1.82, 2.24) is 0 Å². The summed E-state index contributed by atoms with van der Waals surface area (Å²) in [6, 6.07) is 9.96. The Hall–Kier alpha value is -1.56. The first kappa shape index (κ1) is 15.0. The number of hydrogen-bond acceptors (Lipinski definition) is 0. The maximum Gasteiger partial charge on any atom is -0.0114 e. The molecule has 0 aliphatic heterocycles. The van der Waals surface area contributed by atoms with Crippen molar-refractivity contribution in [2.45, 2.75) is 71.6 Å². The third-order valence-corrected chi connectivity index (χ3v) is 5.74. The maximum atomic E-state index is 2.49. The number of aryl methyl sites for hydroxylation is 4. The summed E-state index contributed by atoms with van der Waals surface area (Å²) in [5.41, 5.74) is 12.9. The van der Waals surface area contributed by atoms with E-state index in [1.54, 1.807) is 33.4 Å². The van der Waals surface area contributed by atoms with Crippen molar-refractivity contribution >= 4 is 0 Å². The number of hydrogen-bond donors (Lipinski definition) is 0. The van der Waals surface area contributed by atoms with Gasteiger partial charge in [-0.3, -0.25) is 0 Å². The normalized spacial score (nSPS) is 15.7. The van der Waals surface area contributed by atoms with Gasteiger partial charge in [0.2, 0.25) is 0 Å². The van der Waals surface area contributed by atoms with E-state index in [-0.39, 0.29) is 5.41 Å². The fourth-order valence-corrected chi connectivity index (χ4v) is 4.30. The molecule has 0 aromatic heterocycles. The molecule has 0 saturated carbocycles. The van der Waals surface area contributed by atoms with E-state index in [1.807, 2.05) is 0 Å². The molecule has 0 spiro atoms. The maximum absolute atomic E-state index is 2.49. The fraction of sp³-hybridized carbons (Fsp3) is 0.478. The molecule has 4 rings (SSSR count). The van der Waals surface area contributed by atoms with Gasteiger partial charge in [-0.05, 0) is 81.5 Å². The van der Waals surface area contributed by atoms with E-state index in [4.69, 9.17) is 0 Å². The molecule has 23 heavy (non-hydrogen) atoms. The molecule has 0 saturated heterocycles. The molecule has 0 radical (unpaired) electrons. The summed E-state index contributed by atoms with van der Waals surface area (Å²) in [4.78, 5) is 0. The molecule has 0 atom stereocenters. The molecular formula is C23H28. The lowest BCUT2D eigenvalue weighted by atomic mass is 9.72. The zero-order chi connectivity index (χ0) is 16.4. The first-order chi connectivity index (χ1) is 10.8. The van der Waals surface area contributed by atoms with Crippen molar-refractivity contribution in [2.24, 2.45) is 0 Å². The van der Waals surface area contributed by atoms with Crippen LogP contribution in [0.1, 0.15) is 73.9 Å². The van der Waals surface area contributed by atoms with Gasteiger partial charge in [0.05, 0.1) is 0 Å². The van der Waals surface area contributed by atoms with Gasteiger partial charge >= 0.3 is 0 Å². The second kappa shape index (κ2) is 4.97. The minimum absolute atomic E-state index is 0.244. The van der Waals surface area contributed by atoms with E-state index >= 15 is 0 Å². The van der Waals surface area contributed by atoms with Crippen LogP contribution in [0.4, 0.5) is 0 Å². The van der Waals surface area contributed by atoms with Crippen molar-refractivity contribution in [3.63, 3.8) is 0 Å². The monoisotopic (exact) mass is 304 g/mol. The Labute approximate surface area is 140 Å². The molecule has 0 fully saturated rings. The summed E-state index contributed by atoms with van der Waals surface area (Å²) in [6.45, 7) is 11.6. The van der Waals surface area contributed by atoms with Crippen LogP contribution in [0.15, 0.2) is 24.3 Å². The minimum atomic E-state index is 0.244. The lowest BCUT2D eigenvalue weighted by Gasteiger charge is -2.33. The van der Waals surface area contributed by atoms with Crippen LogP contribution in [0, 0.1) is 0 Å². The van der Waals surface area contributed by atoms with Gasteiger partial charge in [0.25, 0.3) is 0 Å². The molecule has 0 unspecified atom stereocenters. The molecule has 0 N–H and O–H groups in total. The van der Waals surface area contributed by atoms with Crippen molar-refractivity contribution in [1.29, 1.82) is 0 Å². The largest absolute Gasteiger partial charge is 0.0587 e. The summed E-state index contributed by atoms with van der Waals surface area (Å²) in [6.07, 6.45) is 4.84. The Balaban J connectivity index is 1.95. The second-order valence-electron chi connectivity index (χ2n) is 8.79. The van der Waals surface area contributed by atoms with E-state index in [0.717, 1.165) is 0 Å². The topological polar surface area (TPSA) is 0 Å². The van der Waals surface area contributed by atoms with Crippen LogP contribution in [0.25, 0.3) is 11.1 Å². The highest BCUT2D eigenvalue weighted by Crippen LogP contribution is 2.45. The third-order valence-electron chi connectivity index (χ3n) is 5.74. The van der Waals surface area contributed by atoms with Gasteiger partial charge in [0, 0.05) is 0 Å². The van der Waals surface area contributed by atoms with Gasteiger partial charge in [0.15, 0.2) is 0 Å². The molecule has 2 aromatic carbocycles. The van der Waals surface area contributed by atoms with Crippen LogP contribution in [0.2, 0.25) is 0 Å². The van der Waals surface area contributed by atoms with Gasteiger partial charge in [-0.1, -0.05) is 58.9 Å². The lowest BCUT2D eigenvalue weighted by molar-refractivity contribution is 0.587. The zero-order valence-corrected chi connectivity index (χ0v) is 15.2. The summed E-state index contributed by atoms with van der Waals surface area (Å²) in [5, 5.41) is 0. The number of benzene rings is 2. The Kier molecular flexibility index (Phi) is 3.24. The van der Waals surface area contributed by atoms with Crippen LogP contribution in [-0.2, 0) is 31.1 Å². The fourth-order valence-electron chi connectivity index (χ4n) is 4.30. The predicted octanol–water partition coefficient (Wildman–Crippen LogP) is 5.97. The van der Waals surface area contributed by atoms with E-state index < -0.39 is 0 Å². The van der Waals surface area contributed by atoms with E-state index in [9.17, 15) is 0 Å². The van der Waals surface area contributed by atoms with E-state index in [2.05, 4.69) is 58.9 Å². The summed E-state index contributed by atoms with van der Waals surface area (Å²) in [5.74, 6) is 0.627.